The highest BCUT2D eigenvalue weighted by molar-refractivity contribution is 8.00. The second kappa shape index (κ2) is 13.1. The summed E-state index contributed by atoms with van der Waals surface area (Å²) in [5, 5.41) is 7.56. The van der Waals surface area contributed by atoms with Crippen LogP contribution in [-0.4, -0.2) is 33.8 Å². The number of nitrogens with zero attached hydrogens (tertiary/aromatic N) is 2. The van der Waals surface area contributed by atoms with Crippen molar-refractivity contribution in [1.29, 1.82) is 0 Å². The van der Waals surface area contributed by atoms with Crippen LogP contribution in [-0.2, 0) is 20.1 Å². The van der Waals surface area contributed by atoms with Gasteiger partial charge >= 0.3 is 0 Å². The molecule has 4 aromatic rings. The van der Waals surface area contributed by atoms with Gasteiger partial charge in [-0.05, 0) is 66.9 Å². The smallest absolute Gasteiger partial charge is 0.147 e. The van der Waals surface area contributed by atoms with E-state index in [9.17, 15) is 0 Å². The number of imidazole rings is 1. The maximum absolute atomic E-state index is 6.15. The standard InChI is InChI=1S/C31H38N4O2S/c1-3-4-5-6-17-33-24-9-13-26(14-10-24)37-27-15-16-29-30(19-27)35(2)31(34-29)21-36-25-11-7-23(8-12-25)18-28-20-32-22-38-28/h7-16,19,28,32-33H,3-6,17-18,20-22H2,1-2H3. The highest BCUT2D eigenvalue weighted by Gasteiger charge is 2.15. The number of hydrogen-bond donors (Lipinski definition) is 2. The molecule has 0 amide bonds. The molecule has 2 N–H and O–H groups in total. The van der Waals surface area contributed by atoms with Gasteiger partial charge in [0.15, 0.2) is 0 Å². The van der Waals surface area contributed by atoms with Crippen LogP contribution in [0.2, 0.25) is 0 Å². The molecular formula is C31H38N4O2S. The van der Waals surface area contributed by atoms with Crippen LogP contribution in [0.5, 0.6) is 17.2 Å². The highest BCUT2D eigenvalue weighted by Crippen LogP contribution is 2.28. The summed E-state index contributed by atoms with van der Waals surface area (Å²) in [5.74, 6) is 4.41. The van der Waals surface area contributed by atoms with Gasteiger partial charge in [0.05, 0.1) is 11.0 Å². The summed E-state index contributed by atoms with van der Waals surface area (Å²) in [6.45, 7) is 4.74. The molecule has 1 fully saturated rings. The van der Waals surface area contributed by atoms with Crippen LogP contribution in [0, 0.1) is 0 Å². The highest BCUT2D eigenvalue weighted by atomic mass is 32.2. The average Bonchev–Trinajstić information content (AvgIpc) is 3.57. The molecule has 1 unspecified atom stereocenters. The van der Waals surface area contributed by atoms with E-state index in [1.165, 1.54) is 31.2 Å². The zero-order valence-corrected chi connectivity index (χ0v) is 23.2. The van der Waals surface area contributed by atoms with Crippen molar-refractivity contribution in [1.82, 2.24) is 14.9 Å². The van der Waals surface area contributed by atoms with Crippen molar-refractivity contribution in [2.75, 3.05) is 24.3 Å². The van der Waals surface area contributed by atoms with Crippen molar-refractivity contribution in [3.05, 3.63) is 78.1 Å². The molecule has 1 aliphatic rings. The third kappa shape index (κ3) is 7.03. The minimum atomic E-state index is 0.413. The quantitative estimate of drug-likeness (QED) is 0.179. The number of aromatic nitrogens is 2. The number of hydrogen-bond acceptors (Lipinski definition) is 6. The van der Waals surface area contributed by atoms with E-state index in [-0.39, 0.29) is 0 Å². The van der Waals surface area contributed by atoms with E-state index in [0.29, 0.717) is 11.9 Å². The fraction of sp³-hybridized carbons (Fsp3) is 0.387. The van der Waals surface area contributed by atoms with Crippen molar-refractivity contribution >= 4 is 28.5 Å². The fourth-order valence-electron chi connectivity index (χ4n) is 4.69. The van der Waals surface area contributed by atoms with E-state index in [1.54, 1.807) is 0 Å². The molecule has 2 heterocycles. The van der Waals surface area contributed by atoms with Crippen molar-refractivity contribution in [2.45, 2.75) is 50.9 Å². The number of ether oxygens (including phenoxy) is 2. The second-order valence-corrected chi connectivity index (χ2v) is 11.2. The lowest BCUT2D eigenvalue weighted by atomic mass is 10.1. The SMILES string of the molecule is CCCCCCNc1ccc(Oc2ccc3nc(COc4ccc(CC5CNCS5)cc4)n(C)c3c2)cc1. The van der Waals surface area contributed by atoms with Crippen LogP contribution in [0.1, 0.15) is 44.0 Å². The summed E-state index contributed by atoms with van der Waals surface area (Å²) in [5.41, 5.74) is 4.42. The zero-order chi connectivity index (χ0) is 26.2. The van der Waals surface area contributed by atoms with Gasteiger partial charge in [-0.1, -0.05) is 38.3 Å². The van der Waals surface area contributed by atoms with Crippen LogP contribution >= 0.6 is 11.8 Å². The molecule has 0 saturated carbocycles. The molecule has 1 aliphatic heterocycles. The van der Waals surface area contributed by atoms with Gasteiger partial charge in [0.2, 0.25) is 0 Å². The summed E-state index contributed by atoms with van der Waals surface area (Å²) in [7, 11) is 2.02. The molecule has 1 atom stereocenters. The number of anilines is 1. The van der Waals surface area contributed by atoms with Gasteiger partial charge in [0.1, 0.15) is 29.7 Å². The van der Waals surface area contributed by atoms with Gasteiger partial charge in [-0.15, -0.1) is 11.8 Å². The lowest BCUT2D eigenvalue weighted by Gasteiger charge is -2.10. The van der Waals surface area contributed by atoms with Crippen LogP contribution in [0.15, 0.2) is 66.7 Å². The number of unbranched alkanes of at least 4 members (excludes halogenated alkanes) is 3. The van der Waals surface area contributed by atoms with Crippen molar-refractivity contribution in [3.8, 4) is 17.2 Å². The van der Waals surface area contributed by atoms with E-state index in [0.717, 1.165) is 65.2 Å². The predicted molar refractivity (Wildman–Crippen MR) is 159 cm³/mol. The molecule has 0 bridgehead atoms. The fourth-order valence-corrected chi connectivity index (χ4v) is 5.71. The Labute approximate surface area is 230 Å². The number of fused-ring (bicyclic) bond motifs is 1. The molecule has 0 aliphatic carbocycles. The lowest BCUT2D eigenvalue weighted by molar-refractivity contribution is 0.292. The lowest BCUT2D eigenvalue weighted by Crippen LogP contribution is -2.14. The Hall–Kier alpha value is -3.16. The average molecular weight is 531 g/mol. The van der Waals surface area contributed by atoms with Crippen molar-refractivity contribution < 1.29 is 9.47 Å². The summed E-state index contributed by atoms with van der Waals surface area (Å²) >= 11 is 1.99. The molecule has 1 saturated heterocycles. The molecule has 6 nitrogen and oxygen atoms in total. The molecule has 0 radical (unpaired) electrons. The van der Waals surface area contributed by atoms with Gasteiger partial charge in [-0.2, -0.15) is 0 Å². The summed E-state index contributed by atoms with van der Waals surface area (Å²) in [4.78, 5) is 4.78. The Kier molecular flexibility index (Phi) is 9.10. The third-order valence-electron chi connectivity index (χ3n) is 6.94. The Balaban J connectivity index is 1.16. The largest absolute Gasteiger partial charge is 0.486 e. The van der Waals surface area contributed by atoms with Crippen LogP contribution in [0.3, 0.4) is 0 Å². The number of rotatable bonds is 13. The number of benzene rings is 3. The summed E-state index contributed by atoms with van der Waals surface area (Å²) < 4.78 is 14.3. The Morgan fingerprint density at radius 2 is 1.76 bits per heavy atom. The second-order valence-electron chi connectivity index (χ2n) is 9.88. The summed E-state index contributed by atoms with van der Waals surface area (Å²) in [6.07, 6.45) is 6.13. The van der Waals surface area contributed by atoms with E-state index in [2.05, 4.69) is 58.5 Å². The summed E-state index contributed by atoms with van der Waals surface area (Å²) in [6, 6.07) is 22.6. The van der Waals surface area contributed by atoms with Crippen molar-refractivity contribution in [3.63, 3.8) is 0 Å². The zero-order valence-electron chi connectivity index (χ0n) is 22.4. The van der Waals surface area contributed by atoms with Crippen LogP contribution in [0.4, 0.5) is 5.69 Å². The molecular weight excluding hydrogens is 492 g/mol. The molecule has 1 aromatic heterocycles. The molecule has 7 heteroatoms. The molecule has 5 rings (SSSR count). The van der Waals surface area contributed by atoms with Gasteiger partial charge in [0.25, 0.3) is 0 Å². The maximum atomic E-state index is 6.15. The van der Waals surface area contributed by atoms with E-state index in [4.69, 9.17) is 14.5 Å². The Morgan fingerprint density at radius 1 is 0.974 bits per heavy atom. The maximum Gasteiger partial charge on any atom is 0.147 e. The van der Waals surface area contributed by atoms with Gasteiger partial charge in [-0.25, -0.2) is 4.98 Å². The number of nitrogens with one attached hydrogen (secondary N) is 2. The molecule has 38 heavy (non-hydrogen) atoms. The first-order valence-electron chi connectivity index (χ1n) is 13.7. The first-order valence-corrected chi connectivity index (χ1v) is 14.7. The Bertz CT molecular complexity index is 1300. The van der Waals surface area contributed by atoms with Crippen LogP contribution in [0.25, 0.3) is 11.0 Å². The molecule has 3 aromatic carbocycles. The van der Waals surface area contributed by atoms with E-state index >= 15 is 0 Å². The van der Waals surface area contributed by atoms with Gasteiger partial charge in [-0.3, -0.25) is 0 Å². The minimum Gasteiger partial charge on any atom is -0.486 e. The van der Waals surface area contributed by atoms with Gasteiger partial charge in [0, 0.05) is 43.0 Å². The van der Waals surface area contributed by atoms with Crippen LogP contribution < -0.4 is 20.1 Å². The third-order valence-corrected chi connectivity index (χ3v) is 8.12. The van der Waals surface area contributed by atoms with Crippen molar-refractivity contribution in [2.24, 2.45) is 7.05 Å². The molecule has 0 spiro atoms. The van der Waals surface area contributed by atoms with Gasteiger partial charge < -0.3 is 24.7 Å². The predicted octanol–water partition coefficient (Wildman–Crippen LogP) is 7.14. The topological polar surface area (TPSA) is 60.3 Å². The normalized spacial score (nSPS) is 15.2. The van der Waals surface area contributed by atoms with E-state index in [1.807, 2.05) is 49.1 Å². The Morgan fingerprint density at radius 3 is 2.53 bits per heavy atom. The first kappa shape index (κ1) is 26.4. The monoisotopic (exact) mass is 530 g/mol. The number of aryl methyl sites for hydroxylation is 1. The minimum absolute atomic E-state index is 0.413. The molecule has 200 valence electrons. The number of thioether (sulfide) groups is 1. The van der Waals surface area contributed by atoms with E-state index < -0.39 is 0 Å². The first-order chi connectivity index (χ1) is 18.7.